The van der Waals surface area contributed by atoms with Crippen LogP contribution in [0.2, 0.25) is 0 Å². The number of ether oxygens (including phenoxy) is 1. The molecule has 7 nitrogen and oxygen atoms in total. The number of fused-ring (bicyclic) bond motifs is 1. The summed E-state index contributed by atoms with van der Waals surface area (Å²) in [5.74, 6) is -0.905. The molecular weight excluding hydrogens is 440 g/mol. The van der Waals surface area contributed by atoms with Crippen LogP contribution in [0.5, 0.6) is 5.75 Å². The van der Waals surface area contributed by atoms with Crippen molar-refractivity contribution in [1.29, 1.82) is 0 Å². The summed E-state index contributed by atoms with van der Waals surface area (Å²) < 4.78 is 5.31. The molecule has 3 aromatic carbocycles. The van der Waals surface area contributed by atoms with Crippen molar-refractivity contribution in [2.24, 2.45) is 0 Å². The highest BCUT2D eigenvalue weighted by atomic mass is 16.5. The van der Waals surface area contributed by atoms with Gasteiger partial charge in [0.1, 0.15) is 5.75 Å². The van der Waals surface area contributed by atoms with Crippen LogP contribution in [0.3, 0.4) is 0 Å². The Bertz CT molecular complexity index is 1210. The number of carbonyl (C=O) groups is 2. The molecule has 2 N–H and O–H groups in total. The normalized spacial score (nSPS) is 13.1. The molecule has 1 aliphatic heterocycles. The first-order valence-corrected chi connectivity index (χ1v) is 11.7. The molecule has 0 saturated carbocycles. The molecule has 0 aliphatic carbocycles. The summed E-state index contributed by atoms with van der Waals surface area (Å²) in [6.07, 6.45) is 0.948. The zero-order valence-corrected chi connectivity index (χ0v) is 20.7. The third-order valence-corrected chi connectivity index (χ3v) is 6.36. The Kier molecular flexibility index (Phi) is 7.25. The number of hydrogen-bond donors (Lipinski definition) is 2. The Hall–Kier alpha value is -4.00. The van der Waals surface area contributed by atoms with Crippen LogP contribution in [0.4, 0.5) is 17.1 Å². The van der Waals surface area contributed by atoms with Gasteiger partial charge in [-0.1, -0.05) is 36.4 Å². The molecule has 3 aromatic rings. The number of amides is 2. The molecule has 182 valence electrons. The van der Waals surface area contributed by atoms with Gasteiger partial charge < -0.3 is 25.2 Å². The molecule has 0 spiro atoms. The average Bonchev–Trinajstić information content (AvgIpc) is 3.28. The fourth-order valence-corrected chi connectivity index (χ4v) is 4.46. The summed E-state index contributed by atoms with van der Waals surface area (Å²) in [5.41, 5.74) is 6.06. The molecule has 0 aromatic heterocycles. The van der Waals surface area contributed by atoms with Crippen LogP contribution in [0.1, 0.15) is 22.7 Å². The SMILES string of the molecule is COc1ccc(C)cc1NC(=O)C(=O)NCC(c1ccc(N(C)C)cc1)N1CCc2ccccc21. The second-order valence-electron chi connectivity index (χ2n) is 8.94. The predicted molar refractivity (Wildman–Crippen MR) is 140 cm³/mol. The molecule has 0 radical (unpaired) electrons. The smallest absolute Gasteiger partial charge is 0.313 e. The topological polar surface area (TPSA) is 73.9 Å². The van der Waals surface area contributed by atoms with E-state index in [1.165, 1.54) is 12.7 Å². The maximum Gasteiger partial charge on any atom is 0.313 e. The molecule has 0 bridgehead atoms. The number of aryl methyl sites for hydroxylation is 1. The van der Waals surface area contributed by atoms with Crippen LogP contribution in [0.15, 0.2) is 66.7 Å². The van der Waals surface area contributed by atoms with Gasteiger partial charge in [0.2, 0.25) is 0 Å². The molecule has 4 rings (SSSR count). The number of nitrogens with zero attached hydrogens (tertiary/aromatic N) is 2. The van der Waals surface area contributed by atoms with Crippen molar-refractivity contribution < 1.29 is 14.3 Å². The van der Waals surface area contributed by atoms with Gasteiger partial charge in [-0.25, -0.2) is 0 Å². The molecule has 2 amide bonds. The zero-order valence-electron chi connectivity index (χ0n) is 20.7. The lowest BCUT2D eigenvalue weighted by Gasteiger charge is -2.31. The number of methoxy groups -OCH3 is 1. The Morgan fingerprint density at radius 2 is 1.77 bits per heavy atom. The van der Waals surface area contributed by atoms with Crippen molar-refractivity contribution in [1.82, 2.24) is 5.32 Å². The number of benzene rings is 3. The van der Waals surface area contributed by atoms with E-state index in [1.54, 1.807) is 12.1 Å². The third kappa shape index (κ3) is 5.40. The predicted octanol–water partition coefficient (Wildman–Crippen LogP) is 3.93. The number of hydrogen-bond acceptors (Lipinski definition) is 5. The average molecular weight is 473 g/mol. The summed E-state index contributed by atoms with van der Waals surface area (Å²) in [5, 5.41) is 5.53. The molecule has 7 heteroatoms. The first-order valence-electron chi connectivity index (χ1n) is 11.7. The zero-order chi connectivity index (χ0) is 24.9. The number of rotatable bonds is 7. The lowest BCUT2D eigenvalue weighted by Crippen LogP contribution is -2.41. The van der Waals surface area contributed by atoms with Crippen molar-refractivity contribution in [3.05, 3.63) is 83.4 Å². The second-order valence-corrected chi connectivity index (χ2v) is 8.94. The van der Waals surface area contributed by atoms with Gasteiger partial charge in [0.25, 0.3) is 0 Å². The van der Waals surface area contributed by atoms with E-state index in [0.29, 0.717) is 18.0 Å². The van der Waals surface area contributed by atoms with Gasteiger partial charge in [-0.05, 0) is 60.4 Å². The summed E-state index contributed by atoms with van der Waals surface area (Å²) >= 11 is 0. The number of nitrogens with one attached hydrogen (secondary N) is 2. The van der Waals surface area contributed by atoms with Gasteiger partial charge in [0.15, 0.2) is 0 Å². The minimum atomic E-state index is -0.725. The van der Waals surface area contributed by atoms with Crippen molar-refractivity contribution >= 4 is 28.9 Å². The second kappa shape index (κ2) is 10.5. The van der Waals surface area contributed by atoms with Crippen LogP contribution in [0, 0.1) is 6.92 Å². The van der Waals surface area contributed by atoms with Gasteiger partial charge in [-0.2, -0.15) is 0 Å². The van der Waals surface area contributed by atoms with Crippen molar-refractivity contribution in [2.45, 2.75) is 19.4 Å². The van der Waals surface area contributed by atoms with Crippen LogP contribution < -0.4 is 25.2 Å². The van der Waals surface area contributed by atoms with Gasteiger partial charge in [-0.3, -0.25) is 9.59 Å². The first-order chi connectivity index (χ1) is 16.9. The highest BCUT2D eigenvalue weighted by molar-refractivity contribution is 6.39. The highest BCUT2D eigenvalue weighted by Gasteiger charge is 2.28. The van der Waals surface area contributed by atoms with Gasteiger partial charge >= 0.3 is 11.8 Å². The van der Waals surface area contributed by atoms with Crippen molar-refractivity contribution in [2.75, 3.05) is 49.4 Å². The quantitative estimate of drug-likeness (QED) is 0.510. The maximum atomic E-state index is 12.8. The minimum Gasteiger partial charge on any atom is -0.495 e. The monoisotopic (exact) mass is 472 g/mol. The summed E-state index contributed by atoms with van der Waals surface area (Å²) in [6, 6.07) is 22.0. The van der Waals surface area contributed by atoms with Crippen LogP contribution >= 0.6 is 0 Å². The molecule has 35 heavy (non-hydrogen) atoms. The number of anilines is 3. The Morgan fingerprint density at radius 3 is 2.49 bits per heavy atom. The van der Waals surface area contributed by atoms with E-state index in [2.05, 4.69) is 62.9 Å². The summed E-state index contributed by atoms with van der Waals surface area (Å²) in [4.78, 5) is 29.8. The standard InChI is InChI=1S/C28H32N4O3/c1-19-9-14-26(35-4)23(17-19)30-28(34)27(33)29-18-25(21-10-12-22(13-11-21)31(2)3)32-16-15-20-7-5-6-8-24(20)32/h5-14,17,25H,15-16,18H2,1-4H3,(H,29,33)(H,30,34). The lowest BCUT2D eigenvalue weighted by atomic mass is 10.0. The maximum absolute atomic E-state index is 12.8. The van der Waals surface area contributed by atoms with Crippen LogP contribution in [-0.4, -0.2) is 46.1 Å². The van der Waals surface area contributed by atoms with E-state index in [0.717, 1.165) is 35.5 Å². The lowest BCUT2D eigenvalue weighted by molar-refractivity contribution is -0.136. The molecule has 0 fully saturated rings. The fraction of sp³-hybridized carbons (Fsp3) is 0.286. The van der Waals surface area contributed by atoms with E-state index < -0.39 is 11.8 Å². The molecule has 0 saturated heterocycles. The highest BCUT2D eigenvalue weighted by Crippen LogP contribution is 2.35. The molecule has 1 atom stereocenters. The number of para-hydroxylation sites is 1. The third-order valence-electron chi connectivity index (χ3n) is 6.36. The Balaban J connectivity index is 1.52. The summed E-state index contributed by atoms with van der Waals surface area (Å²) in [7, 11) is 5.54. The van der Waals surface area contributed by atoms with Gasteiger partial charge in [0, 0.05) is 38.6 Å². The van der Waals surface area contributed by atoms with E-state index in [4.69, 9.17) is 4.74 Å². The molecule has 1 unspecified atom stereocenters. The largest absolute Gasteiger partial charge is 0.495 e. The Labute approximate surface area is 206 Å². The van der Waals surface area contributed by atoms with Crippen molar-refractivity contribution in [3.8, 4) is 5.75 Å². The molecule has 1 heterocycles. The van der Waals surface area contributed by atoms with E-state index >= 15 is 0 Å². The molecule has 1 aliphatic rings. The van der Waals surface area contributed by atoms with Crippen molar-refractivity contribution in [3.63, 3.8) is 0 Å². The Morgan fingerprint density at radius 1 is 1.03 bits per heavy atom. The van der Waals surface area contributed by atoms with E-state index in [-0.39, 0.29) is 6.04 Å². The molecular formula is C28H32N4O3. The van der Waals surface area contributed by atoms with Crippen LogP contribution in [-0.2, 0) is 16.0 Å². The van der Waals surface area contributed by atoms with E-state index in [1.807, 2.05) is 33.2 Å². The summed E-state index contributed by atoms with van der Waals surface area (Å²) in [6.45, 7) is 3.06. The van der Waals surface area contributed by atoms with Crippen LogP contribution in [0.25, 0.3) is 0 Å². The first kappa shape index (κ1) is 24.1. The minimum absolute atomic E-state index is 0.111. The van der Waals surface area contributed by atoms with Gasteiger partial charge in [0.05, 0.1) is 18.8 Å². The van der Waals surface area contributed by atoms with E-state index in [9.17, 15) is 9.59 Å². The van der Waals surface area contributed by atoms with Gasteiger partial charge in [-0.15, -0.1) is 0 Å². The number of carbonyl (C=O) groups excluding carboxylic acids is 2. The fourth-order valence-electron chi connectivity index (χ4n) is 4.46.